The largest absolute Gasteiger partial charge is 0.481 e. The van der Waals surface area contributed by atoms with E-state index in [0.29, 0.717) is 0 Å². The molecule has 102 valence electrons. The van der Waals surface area contributed by atoms with Gasteiger partial charge in [-0.25, -0.2) is 4.39 Å². The third-order valence-electron chi connectivity index (χ3n) is 2.90. The number of hydrogen-bond donors (Lipinski definition) is 2. The van der Waals surface area contributed by atoms with Crippen LogP contribution >= 0.6 is 11.6 Å². The standard InChI is InChI=1S/C12H11ClFNO4/c13-8-2-1-6(3-9(8)14)11(16)15-10-5-19-4-7(10)12(17)18/h1-3,7,10H,4-5H2,(H,15,16)(H,17,18). The molecule has 5 nitrogen and oxygen atoms in total. The van der Waals surface area contributed by atoms with E-state index in [1.807, 2.05) is 0 Å². The first-order valence-corrected chi connectivity index (χ1v) is 5.93. The van der Waals surface area contributed by atoms with Crippen molar-refractivity contribution in [2.75, 3.05) is 13.2 Å². The van der Waals surface area contributed by atoms with Crippen LogP contribution in [0.5, 0.6) is 0 Å². The van der Waals surface area contributed by atoms with E-state index in [2.05, 4.69) is 5.32 Å². The van der Waals surface area contributed by atoms with E-state index < -0.39 is 29.7 Å². The second-order valence-electron chi connectivity index (χ2n) is 4.19. The van der Waals surface area contributed by atoms with Crippen LogP contribution in [0.25, 0.3) is 0 Å². The summed E-state index contributed by atoms with van der Waals surface area (Å²) in [6, 6.07) is 3.02. The van der Waals surface area contributed by atoms with Gasteiger partial charge in [0.25, 0.3) is 5.91 Å². The molecule has 19 heavy (non-hydrogen) atoms. The van der Waals surface area contributed by atoms with Crippen LogP contribution in [-0.2, 0) is 9.53 Å². The van der Waals surface area contributed by atoms with Crippen LogP contribution in [0.4, 0.5) is 4.39 Å². The summed E-state index contributed by atoms with van der Waals surface area (Å²) in [5.74, 6) is -3.09. The number of halogens is 2. The lowest BCUT2D eigenvalue weighted by Crippen LogP contribution is -2.42. The van der Waals surface area contributed by atoms with E-state index in [9.17, 15) is 14.0 Å². The molecule has 0 aromatic heterocycles. The Bertz CT molecular complexity index is 522. The number of aliphatic carboxylic acids is 1. The normalized spacial score (nSPS) is 22.2. The van der Waals surface area contributed by atoms with Crippen molar-refractivity contribution in [3.05, 3.63) is 34.6 Å². The highest BCUT2D eigenvalue weighted by atomic mass is 35.5. The van der Waals surface area contributed by atoms with Crippen LogP contribution in [0.3, 0.4) is 0 Å². The van der Waals surface area contributed by atoms with Crippen molar-refractivity contribution in [2.24, 2.45) is 5.92 Å². The second kappa shape index (κ2) is 5.54. The first-order valence-electron chi connectivity index (χ1n) is 5.55. The monoisotopic (exact) mass is 287 g/mol. The summed E-state index contributed by atoms with van der Waals surface area (Å²) in [4.78, 5) is 22.8. The molecule has 1 fully saturated rings. The summed E-state index contributed by atoms with van der Waals surface area (Å²) in [5, 5.41) is 11.4. The molecule has 2 N–H and O–H groups in total. The molecule has 2 unspecified atom stereocenters. The fourth-order valence-corrected chi connectivity index (χ4v) is 1.95. The Morgan fingerprint density at radius 2 is 2.16 bits per heavy atom. The van der Waals surface area contributed by atoms with Crippen LogP contribution < -0.4 is 5.32 Å². The number of ether oxygens (including phenoxy) is 1. The summed E-state index contributed by atoms with van der Waals surface area (Å²) >= 11 is 5.52. The lowest BCUT2D eigenvalue weighted by molar-refractivity contribution is -0.142. The van der Waals surface area contributed by atoms with Crippen molar-refractivity contribution in [2.45, 2.75) is 6.04 Å². The molecule has 0 spiro atoms. The fraction of sp³-hybridized carbons (Fsp3) is 0.333. The minimum Gasteiger partial charge on any atom is -0.481 e. The number of amides is 1. The van der Waals surface area contributed by atoms with Gasteiger partial charge in [0.1, 0.15) is 11.7 Å². The maximum Gasteiger partial charge on any atom is 0.311 e. The molecule has 1 aliphatic rings. The number of carbonyl (C=O) groups excluding carboxylic acids is 1. The quantitative estimate of drug-likeness (QED) is 0.879. The molecule has 0 saturated carbocycles. The Morgan fingerprint density at radius 3 is 2.79 bits per heavy atom. The molecule has 2 rings (SSSR count). The summed E-state index contributed by atoms with van der Waals surface area (Å²) in [6.45, 7) is 0.175. The second-order valence-corrected chi connectivity index (χ2v) is 4.60. The minimum atomic E-state index is -1.04. The summed E-state index contributed by atoms with van der Waals surface area (Å²) in [7, 11) is 0. The van der Waals surface area contributed by atoms with Gasteiger partial charge in [-0.1, -0.05) is 11.6 Å². The number of carbonyl (C=O) groups is 2. The minimum absolute atomic E-state index is 0.0509. The molecule has 7 heteroatoms. The van der Waals surface area contributed by atoms with Crippen molar-refractivity contribution >= 4 is 23.5 Å². The van der Waals surface area contributed by atoms with Crippen LogP contribution in [0.2, 0.25) is 5.02 Å². The predicted molar refractivity (Wildman–Crippen MR) is 64.6 cm³/mol. The van der Waals surface area contributed by atoms with Gasteiger partial charge in [0, 0.05) is 5.56 Å². The first-order chi connectivity index (χ1) is 8.99. The van der Waals surface area contributed by atoms with E-state index in [0.717, 1.165) is 6.07 Å². The number of nitrogens with one attached hydrogen (secondary N) is 1. The van der Waals surface area contributed by atoms with Gasteiger partial charge < -0.3 is 15.2 Å². The van der Waals surface area contributed by atoms with Crippen molar-refractivity contribution in [3.63, 3.8) is 0 Å². The number of carboxylic acids is 1. The number of benzene rings is 1. The average molecular weight is 288 g/mol. The van der Waals surface area contributed by atoms with E-state index in [4.69, 9.17) is 21.4 Å². The van der Waals surface area contributed by atoms with E-state index in [1.165, 1.54) is 12.1 Å². The molecule has 1 aromatic rings. The Morgan fingerprint density at radius 1 is 1.42 bits per heavy atom. The third kappa shape index (κ3) is 3.02. The van der Waals surface area contributed by atoms with Crippen LogP contribution in [-0.4, -0.2) is 36.2 Å². The van der Waals surface area contributed by atoms with E-state index >= 15 is 0 Å². The fourth-order valence-electron chi connectivity index (χ4n) is 1.83. The molecule has 0 bridgehead atoms. The van der Waals surface area contributed by atoms with Gasteiger partial charge in [-0.3, -0.25) is 9.59 Å². The Balaban J connectivity index is 2.08. The molecule has 0 radical (unpaired) electrons. The van der Waals surface area contributed by atoms with Gasteiger partial charge >= 0.3 is 5.97 Å². The number of carboxylic acid groups (broad SMARTS) is 1. The van der Waals surface area contributed by atoms with Gasteiger partial charge in [0.2, 0.25) is 0 Å². The van der Waals surface area contributed by atoms with Crippen molar-refractivity contribution < 1.29 is 23.8 Å². The summed E-state index contributed by atoms with van der Waals surface area (Å²) < 4.78 is 18.2. The van der Waals surface area contributed by atoms with Crippen LogP contribution in [0, 0.1) is 11.7 Å². The lowest BCUT2D eigenvalue weighted by Gasteiger charge is -2.15. The predicted octanol–water partition coefficient (Wildman–Crippen LogP) is 1.31. The molecule has 1 amide bonds. The van der Waals surface area contributed by atoms with Gasteiger partial charge in [-0.15, -0.1) is 0 Å². The Kier molecular flexibility index (Phi) is 4.01. The Hall–Kier alpha value is -1.66. The molecule has 0 aliphatic carbocycles. The average Bonchev–Trinajstić information content (AvgIpc) is 2.80. The third-order valence-corrected chi connectivity index (χ3v) is 3.20. The number of rotatable bonds is 3. The SMILES string of the molecule is O=C(NC1COCC1C(=O)O)c1ccc(Cl)c(F)c1. The molecule has 1 saturated heterocycles. The number of hydrogen-bond acceptors (Lipinski definition) is 3. The zero-order valence-electron chi connectivity index (χ0n) is 9.73. The van der Waals surface area contributed by atoms with Gasteiger partial charge in [-0.05, 0) is 18.2 Å². The zero-order chi connectivity index (χ0) is 14.0. The zero-order valence-corrected chi connectivity index (χ0v) is 10.5. The van der Waals surface area contributed by atoms with E-state index in [-0.39, 0.29) is 23.8 Å². The molecular weight excluding hydrogens is 277 g/mol. The molecular formula is C12H11ClFNO4. The van der Waals surface area contributed by atoms with Crippen LogP contribution in [0.1, 0.15) is 10.4 Å². The molecule has 1 heterocycles. The first kappa shape index (κ1) is 13.8. The Labute approximate surface area is 113 Å². The maximum atomic E-state index is 13.2. The molecule has 1 aromatic carbocycles. The highest BCUT2D eigenvalue weighted by Gasteiger charge is 2.35. The maximum absolute atomic E-state index is 13.2. The smallest absolute Gasteiger partial charge is 0.311 e. The van der Waals surface area contributed by atoms with Crippen LogP contribution in [0.15, 0.2) is 18.2 Å². The van der Waals surface area contributed by atoms with Gasteiger partial charge in [-0.2, -0.15) is 0 Å². The molecule has 2 atom stereocenters. The van der Waals surface area contributed by atoms with Crippen molar-refractivity contribution in [3.8, 4) is 0 Å². The van der Waals surface area contributed by atoms with Crippen molar-refractivity contribution in [1.29, 1.82) is 0 Å². The van der Waals surface area contributed by atoms with E-state index in [1.54, 1.807) is 0 Å². The van der Waals surface area contributed by atoms with Gasteiger partial charge in [0.15, 0.2) is 0 Å². The highest BCUT2D eigenvalue weighted by Crippen LogP contribution is 2.17. The lowest BCUT2D eigenvalue weighted by atomic mass is 10.0. The topological polar surface area (TPSA) is 75.6 Å². The molecule has 1 aliphatic heterocycles. The summed E-state index contributed by atoms with van der Waals surface area (Å²) in [6.07, 6.45) is 0. The summed E-state index contributed by atoms with van der Waals surface area (Å²) in [5.41, 5.74) is 0.0814. The van der Waals surface area contributed by atoms with Crippen molar-refractivity contribution in [1.82, 2.24) is 5.32 Å². The highest BCUT2D eigenvalue weighted by molar-refractivity contribution is 6.30. The van der Waals surface area contributed by atoms with Gasteiger partial charge in [0.05, 0.1) is 24.3 Å².